The van der Waals surface area contributed by atoms with Crippen molar-refractivity contribution in [2.45, 2.75) is 91.1 Å². The number of carbonyl (C=O) groups is 4. The summed E-state index contributed by atoms with van der Waals surface area (Å²) < 4.78 is 5.35. The number of benzene rings is 2. The van der Waals surface area contributed by atoms with Crippen molar-refractivity contribution in [2.75, 3.05) is 0 Å². The molecule has 0 unspecified atom stereocenters. The third-order valence-corrected chi connectivity index (χ3v) is 7.45. The molecular formula is C35H46N6O5. The Morgan fingerprint density at radius 1 is 0.761 bits per heavy atom. The molecule has 0 spiro atoms. The van der Waals surface area contributed by atoms with Gasteiger partial charge in [-0.25, -0.2) is 4.79 Å². The second-order valence-electron chi connectivity index (χ2n) is 13.6. The molecule has 6 N–H and O–H groups in total. The van der Waals surface area contributed by atoms with Gasteiger partial charge in [0.2, 0.25) is 17.7 Å². The van der Waals surface area contributed by atoms with Gasteiger partial charge in [-0.2, -0.15) is 0 Å². The molecule has 0 aliphatic carbocycles. The van der Waals surface area contributed by atoms with Crippen molar-refractivity contribution in [3.63, 3.8) is 0 Å². The molecule has 2 aromatic heterocycles. The van der Waals surface area contributed by atoms with Gasteiger partial charge in [-0.1, -0.05) is 50.2 Å². The Hall–Kier alpha value is -4.80. The van der Waals surface area contributed by atoms with E-state index in [2.05, 4.69) is 31.2 Å². The number of ether oxygens (including phenoxy) is 1. The minimum Gasteiger partial charge on any atom is -0.444 e. The van der Waals surface area contributed by atoms with E-state index < -0.39 is 41.3 Å². The molecule has 11 nitrogen and oxygen atoms in total. The molecule has 0 aliphatic heterocycles. The van der Waals surface area contributed by atoms with Gasteiger partial charge in [0.15, 0.2) is 0 Å². The van der Waals surface area contributed by atoms with Crippen LogP contribution in [0.3, 0.4) is 0 Å². The molecule has 246 valence electrons. The highest BCUT2D eigenvalue weighted by Crippen LogP contribution is 2.21. The van der Waals surface area contributed by atoms with Crippen LogP contribution in [0.2, 0.25) is 0 Å². The van der Waals surface area contributed by atoms with Crippen molar-refractivity contribution in [1.29, 1.82) is 0 Å². The van der Waals surface area contributed by atoms with E-state index in [0.717, 1.165) is 32.9 Å². The normalized spacial score (nSPS) is 13.3. The van der Waals surface area contributed by atoms with Crippen LogP contribution >= 0.6 is 0 Å². The standard InChI is InChI=1S/C35H46N6O5/c1-21(2)16-30(42)39-29(18-23-20-37-27-15-11-9-13-25(23)27)40-31(43)28(17-22-19-36-26-14-10-8-12-24(22)26)38-32(44)35(6,7)41-33(45)46-34(3,4)5/h8-15,19-21,28-29,36-37H,16-18H2,1-7H3,(H,38,44)(H,39,42)(H,40,43)(H,41,45)/t28-,29-/m1/s1. The van der Waals surface area contributed by atoms with E-state index in [4.69, 9.17) is 4.74 Å². The zero-order valence-electron chi connectivity index (χ0n) is 27.7. The Balaban J connectivity index is 1.60. The van der Waals surface area contributed by atoms with E-state index in [0.29, 0.717) is 12.8 Å². The maximum Gasteiger partial charge on any atom is 0.408 e. The molecule has 46 heavy (non-hydrogen) atoms. The lowest BCUT2D eigenvalue weighted by Crippen LogP contribution is -2.61. The number of carbonyl (C=O) groups excluding carboxylic acids is 4. The lowest BCUT2D eigenvalue weighted by atomic mass is 10.0. The summed E-state index contributed by atoms with van der Waals surface area (Å²) in [6.45, 7) is 12.2. The smallest absolute Gasteiger partial charge is 0.408 e. The van der Waals surface area contributed by atoms with Crippen molar-refractivity contribution >= 4 is 45.6 Å². The predicted molar refractivity (Wildman–Crippen MR) is 179 cm³/mol. The minimum atomic E-state index is -1.41. The van der Waals surface area contributed by atoms with Crippen molar-refractivity contribution in [3.05, 3.63) is 72.1 Å². The minimum absolute atomic E-state index is 0.123. The number of fused-ring (bicyclic) bond motifs is 2. The van der Waals surface area contributed by atoms with Gasteiger partial charge < -0.3 is 36.0 Å². The maximum atomic E-state index is 14.1. The number of H-pyrrole nitrogens is 2. The Morgan fingerprint density at radius 2 is 1.30 bits per heavy atom. The van der Waals surface area contributed by atoms with Crippen LogP contribution in [-0.4, -0.2) is 57.1 Å². The molecule has 2 heterocycles. The summed E-state index contributed by atoms with van der Waals surface area (Å²) in [6.07, 6.45) is 2.94. The van der Waals surface area contributed by atoms with Crippen LogP contribution in [0.25, 0.3) is 21.8 Å². The number of para-hydroxylation sites is 2. The first-order chi connectivity index (χ1) is 21.6. The summed E-state index contributed by atoms with van der Waals surface area (Å²) in [5.74, 6) is -1.13. The first kappa shape index (κ1) is 34.1. The van der Waals surface area contributed by atoms with Crippen molar-refractivity contribution in [3.8, 4) is 0 Å². The molecule has 0 fully saturated rings. The number of aromatic nitrogens is 2. The number of nitrogens with one attached hydrogen (secondary N) is 6. The van der Waals surface area contributed by atoms with Gasteiger partial charge in [-0.3, -0.25) is 14.4 Å². The van der Waals surface area contributed by atoms with E-state index >= 15 is 0 Å². The molecule has 4 amide bonds. The Kier molecular flexibility index (Phi) is 10.4. The van der Waals surface area contributed by atoms with Gasteiger partial charge in [0, 0.05) is 53.5 Å². The number of amides is 4. The Bertz CT molecular complexity index is 1700. The van der Waals surface area contributed by atoms with Crippen LogP contribution in [0.4, 0.5) is 4.79 Å². The summed E-state index contributed by atoms with van der Waals surface area (Å²) in [4.78, 5) is 59.6. The number of hydrogen-bond acceptors (Lipinski definition) is 5. The quantitative estimate of drug-likeness (QED) is 0.124. The van der Waals surface area contributed by atoms with Crippen LogP contribution in [0.5, 0.6) is 0 Å². The zero-order chi connectivity index (χ0) is 33.6. The Morgan fingerprint density at radius 3 is 1.85 bits per heavy atom. The zero-order valence-corrected chi connectivity index (χ0v) is 27.7. The molecule has 2 atom stereocenters. The van der Waals surface area contributed by atoms with E-state index in [1.54, 1.807) is 34.6 Å². The summed E-state index contributed by atoms with van der Waals surface area (Å²) in [6, 6.07) is 14.5. The highest BCUT2D eigenvalue weighted by molar-refractivity contribution is 5.94. The van der Waals surface area contributed by atoms with E-state index in [1.165, 1.54) is 0 Å². The Labute approximate surface area is 269 Å². The van der Waals surface area contributed by atoms with E-state index in [9.17, 15) is 19.2 Å². The number of aromatic amines is 2. The summed E-state index contributed by atoms with van der Waals surface area (Å²) in [7, 11) is 0. The summed E-state index contributed by atoms with van der Waals surface area (Å²) in [5, 5.41) is 13.3. The van der Waals surface area contributed by atoms with Gasteiger partial charge in [0.1, 0.15) is 23.3 Å². The molecule has 11 heteroatoms. The van der Waals surface area contributed by atoms with Gasteiger partial charge in [0.05, 0.1) is 0 Å². The van der Waals surface area contributed by atoms with Crippen molar-refractivity contribution in [2.24, 2.45) is 5.92 Å². The molecule has 0 radical (unpaired) electrons. The largest absolute Gasteiger partial charge is 0.444 e. The first-order valence-electron chi connectivity index (χ1n) is 15.6. The third-order valence-electron chi connectivity index (χ3n) is 7.45. The number of rotatable bonds is 12. The molecule has 4 aromatic rings. The predicted octanol–water partition coefficient (Wildman–Crippen LogP) is 4.83. The molecule has 0 bridgehead atoms. The van der Waals surface area contributed by atoms with E-state index in [-0.39, 0.29) is 18.2 Å². The fourth-order valence-corrected chi connectivity index (χ4v) is 5.24. The van der Waals surface area contributed by atoms with Gasteiger partial charge >= 0.3 is 6.09 Å². The van der Waals surface area contributed by atoms with Crippen LogP contribution in [0, 0.1) is 5.92 Å². The van der Waals surface area contributed by atoms with Gasteiger partial charge in [-0.05, 0) is 63.8 Å². The second kappa shape index (κ2) is 14.1. The number of alkyl carbamates (subject to hydrolysis) is 1. The van der Waals surface area contributed by atoms with Crippen LogP contribution < -0.4 is 21.3 Å². The first-order valence-corrected chi connectivity index (χ1v) is 15.6. The van der Waals surface area contributed by atoms with Crippen molar-refractivity contribution < 1.29 is 23.9 Å². The van der Waals surface area contributed by atoms with Gasteiger partial charge in [-0.15, -0.1) is 0 Å². The van der Waals surface area contributed by atoms with Crippen LogP contribution in [0.1, 0.15) is 66.0 Å². The molecule has 0 saturated carbocycles. The second-order valence-corrected chi connectivity index (χ2v) is 13.6. The fourth-order valence-electron chi connectivity index (χ4n) is 5.24. The lowest BCUT2D eigenvalue weighted by molar-refractivity contribution is -0.132. The topological polar surface area (TPSA) is 157 Å². The highest BCUT2D eigenvalue weighted by atomic mass is 16.6. The molecular weight excluding hydrogens is 584 g/mol. The number of hydrogen-bond donors (Lipinski definition) is 6. The fraction of sp³-hybridized carbons (Fsp3) is 0.429. The van der Waals surface area contributed by atoms with Crippen LogP contribution in [0.15, 0.2) is 60.9 Å². The SMILES string of the molecule is CC(C)CC(=O)N[C@@H](Cc1c[nH]c2ccccc12)NC(=O)[C@@H](Cc1c[nH]c2ccccc12)NC(=O)C(C)(C)NC(=O)OC(C)(C)C. The lowest BCUT2D eigenvalue weighted by Gasteiger charge is -2.30. The summed E-state index contributed by atoms with van der Waals surface area (Å²) >= 11 is 0. The van der Waals surface area contributed by atoms with Crippen molar-refractivity contribution in [1.82, 2.24) is 31.2 Å². The monoisotopic (exact) mass is 630 g/mol. The summed E-state index contributed by atoms with van der Waals surface area (Å²) in [5.41, 5.74) is 1.43. The highest BCUT2D eigenvalue weighted by Gasteiger charge is 2.35. The van der Waals surface area contributed by atoms with E-state index in [1.807, 2.05) is 74.8 Å². The molecule has 4 rings (SSSR count). The van der Waals surface area contributed by atoms with Crippen LogP contribution in [-0.2, 0) is 32.0 Å². The third kappa shape index (κ3) is 9.12. The molecule has 2 aromatic carbocycles. The average Bonchev–Trinajstić information content (AvgIpc) is 3.54. The maximum absolute atomic E-state index is 14.1. The molecule has 0 saturated heterocycles. The molecule has 0 aliphatic rings. The van der Waals surface area contributed by atoms with Gasteiger partial charge in [0.25, 0.3) is 0 Å². The average molecular weight is 631 g/mol.